The van der Waals surface area contributed by atoms with E-state index in [1.807, 2.05) is 0 Å². The molecule has 0 aromatic heterocycles. The molecular formula is CH6InKO3. The maximum absolute atomic E-state index is 8.56. The molecule has 0 rings (SSSR count). The number of carboxylic acid groups (broad SMARTS) is 2. The van der Waals surface area contributed by atoms with Crippen LogP contribution < -0.4 is 0 Å². The van der Waals surface area contributed by atoms with Gasteiger partial charge in [0.1, 0.15) is 0 Å². The van der Waals surface area contributed by atoms with E-state index in [2.05, 4.69) is 0 Å². The van der Waals surface area contributed by atoms with E-state index >= 15 is 0 Å². The van der Waals surface area contributed by atoms with E-state index < -0.39 is 6.16 Å². The fourth-order valence-corrected chi connectivity index (χ4v) is 0. The van der Waals surface area contributed by atoms with E-state index in [4.69, 9.17) is 15.0 Å². The average molecular weight is 220 g/mol. The van der Waals surface area contributed by atoms with Crippen LogP contribution in [0.5, 0.6) is 0 Å². The molecule has 0 aromatic rings. The molecule has 0 aliphatic heterocycles. The zero-order chi connectivity index (χ0) is 3.58. The van der Waals surface area contributed by atoms with E-state index in [-0.39, 0.29) is 77.2 Å². The molecule has 0 saturated carbocycles. The standard InChI is InChI=1S/CH2O3.In.K.4H/c2-1(3)4;;;;;;/h(H2,2,3,4);;;;;;. The molecule has 0 heterocycles. The number of hydrogen-bond acceptors (Lipinski definition) is 1. The molecule has 0 unspecified atom stereocenters. The normalized spacial score (nSPS) is 4.00. The fourth-order valence-electron chi connectivity index (χ4n) is 0. The summed E-state index contributed by atoms with van der Waals surface area (Å²) >= 11 is 0. The van der Waals surface area contributed by atoms with E-state index in [0.29, 0.717) is 0 Å². The van der Waals surface area contributed by atoms with E-state index in [1.165, 1.54) is 0 Å². The van der Waals surface area contributed by atoms with Gasteiger partial charge in [-0.3, -0.25) is 0 Å². The second-order valence-electron chi connectivity index (χ2n) is 0.283. The summed E-state index contributed by atoms with van der Waals surface area (Å²) in [5.74, 6) is 0. The van der Waals surface area contributed by atoms with Crippen LogP contribution >= 0.6 is 0 Å². The molecule has 6 heavy (non-hydrogen) atoms. The predicted octanol–water partition coefficient (Wildman–Crippen LogP) is -1.61. The van der Waals surface area contributed by atoms with Crippen LogP contribution in [0.3, 0.4) is 0 Å². The van der Waals surface area contributed by atoms with Gasteiger partial charge in [0, 0.05) is 0 Å². The first kappa shape index (κ1) is 15.7. The summed E-state index contributed by atoms with van der Waals surface area (Å²) in [5, 5.41) is 13.9. The van der Waals surface area contributed by atoms with E-state index in [1.54, 1.807) is 0 Å². The minimum absolute atomic E-state index is 0. The summed E-state index contributed by atoms with van der Waals surface area (Å²) in [4.78, 5) is 8.56. The van der Waals surface area contributed by atoms with Gasteiger partial charge in [0.2, 0.25) is 0 Å². The Bertz CT molecular complexity index is 33.8. The van der Waals surface area contributed by atoms with Crippen molar-refractivity contribution in [2.24, 2.45) is 0 Å². The van der Waals surface area contributed by atoms with Crippen LogP contribution in [0.25, 0.3) is 0 Å². The Kier molecular flexibility index (Phi) is 25.9. The molecule has 0 saturated heterocycles. The van der Waals surface area contributed by atoms with Crippen LogP contribution in [0.1, 0.15) is 0 Å². The first-order chi connectivity index (χ1) is 1.73. The van der Waals surface area contributed by atoms with Crippen LogP contribution in [0.4, 0.5) is 4.79 Å². The predicted molar refractivity (Wildman–Crippen MR) is 27.7 cm³/mol. The Hall–Kier alpha value is 1.78. The molecule has 0 fully saturated rings. The molecule has 2 N–H and O–H groups in total. The molecular weight excluding hydrogens is 214 g/mol. The van der Waals surface area contributed by atoms with Crippen LogP contribution in [0.15, 0.2) is 0 Å². The van der Waals surface area contributed by atoms with Crippen molar-refractivity contribution in [1.29, 1.82) is 0 Å². The Morgan fingerprint density at radius 1 is 1.33 bits per heavy atom. The third kappa shape index (κ3) is 41.8. The number of carbonyl (C=O) groups is 1. The van der Waals surface area contributed by atoms with Crippen molar-refractivity contribution in [3.05, 3.63) is 0 Å². The van der Waals surface area contributed by atoms with Crippen molar-refractivity contribution in [3.63, 3.8) is 0 Å². The zero-order valence-corrected chi connectivity index (χ0v) is 1.80. The summed E-state index contributed by atoms with van der Waals surface area (Å²) in [6.45, 7) is 0. The van der Waals surface area contributed by atoms with Gasteiger partial charge in [-0.1, -0.05) is 0 Å². The Labute approximate surface area is 96.3 Å². The van der Waals surface area contributed by atoms with E-state index in [9.17, 15) is 0 Å². The van der Waals surface area contributed by atoms with Gasteiger partial charge in [0.15, 0.2) is 0 Å². The van der Waals surface area contributed by atoms with Crippen molar-refractivity contribution in [2.75, 3.05) is 0 Å². The Morgan fingerprint density at radius 3 is 1.33 bits per heavy atom. The second-order valence-corrected chi connectivity index (χ2v) is 0.283. The molecule has 0 radical (unpaired) electrons. The van der Waals surface area contributed by atoms with Crippen molar-refractivity contribution in [3.8, 4) is 0 Å². The molecule has 0 aromatic carbocycles. The van der Waals surface area contributed by atoms with Gasteiger partial charge in [-0.15, -0.1) is 0 Å². The van der Waals surface area contributed by atoms with Crippen molar-refractivity contribution in [2.45, 2.75) is 0 Å². The van der Waals surface area contributed by atoms with Crippen LogP contribution in [-0.2, 0) is 0 Å². The number of rotatable bonds is 0. The van der Waals surface area contributed by atoms with Gasteiger partial charge in [0.25, 0.3) is 0 Å². The molecule has 0 bridgehead atoms. The topological polar surface area (TPSA) is 57.5 Å². The van der Waals surface area contributed by atoms with Gasteiger partial charge >= 0.3 is 83.4 Å². The van der Waals surface area contributed by atoms with Crippen molar-refractivity contribution < 1.29 is 15.0 Å². The molecule has 32 valence electrons. The number of hydrogen-bond donors (Lipinski definition) is 2. The summed E-state index contributed by atoms with van der Waals surface area (Å²) in [7, 11) is 0. The molecule has 0 amide bonds. The maximum atomic E-state index is 8.56. The fraction of sp³-hybridized carbons (Fsp3) is 0. The summed E-state index contributed by atoms with van der Waals surface area (Å²) in [6, 6.07) is 0. The third-order valence-electron chi connectivity index (χ3n) is 0. The van der Waals surface area contributed by atoms with Gasteiger partial charge in [-0.2, -0.15) is 0 Å². The van der Waals surface area contributed by atoms with Crippen LogP contribution in [-0.4, -0.2) is 93.6 Å². The minimum atomic E-state index is -1.83. The molecule has 3 nitrogen and oxygen atoms in total. The first-order valence-corrected chi connectivity index (χ1v) is 0.651. The monoisotopic (exact) mass is 220 g/mol. The summed E-state index contributed by atoms with van der Waals surface area (Å²) in [6.07, 6.45) is -1.83. The van der Waals surface area contributed by atoms with Crippen LogP contribution in [0.2, 0.25) is 0 Å². The second kappa shape index (κ2) is 9.91. The van der Waals surface area contributed by atoms with Crippen LogP contribution in [0, 0.1) is 0 Å². The van der Waals surface area contributed by atoms with Gasteiger partial charge < -0.3 is 10.2 Å². The average Bonchev–Trinajstić information content (AvgIpc) is 0.811. The van der Waals surface area contributed by atoms with E-state index in [0.717, 1.165) is 0 Å². The molecule has 0 atom stereocenters. The third-order valence-corrected chi connectivity index (χ3v) is 0. The van der Waals surface area contributed by atoms with Crippen molar-refractivity contribution in [1.82, 2.24) is 0 Å². The molecule has 0 aliphatic rings. The molecule has 0 aliphatic carbocycles. The first-order valence-electron chi connectivity index (χ1n) is 0.651. The molecule has 5 heteroatoms. The van der Waals surface area contributed by atoms with Crippen molar-refractivity contribution >= 4 is 83.4 Å². The Morgan fingerprint density at radius 2 is 1.33 bits per heavy atom. The quantitative estimate of drug-likeness (QED) is 0.483. The molecule has 0 spiro atoms. The van der Waals surface area contributed by atoms with Gasteiger partial charge in [-0.25, -0.2) is 4.79 Å². The Balaban J connectivity index is -0.0000000450. The van der Waals surface area contributed by atoms with Gasteiger partial charge in [0.05, 0.1) is 0 Å². The summed E-state index contributed by atoms with van der Waals surface area (Å²) in [5.41, 5.74) is 0. The zero-order valence-electron chi connectivity index (χ0n) is 1.80. The van der Waals surface area contributed by atoms with Gasteiger partial charge in [-0.05, 0) is 0 Å². The summed E-state index contributed by atoms with van der Waals surface area (Å²) < 4.78 is 0. The SMILES string of the molecule is O=C(O)O.[InH3].[KH].